The summed E-state index contributed by atoms with van der Waals surface area (Å²) in [6.07, 6.45) is 6.80. The first kappa shape index (κ1) is 35.2. The molecule has 8 nitrogen and oxygen atoms in total. The van der Waals surface area contributed by atoms with E-state index in [-0.39, 0.29) is 57.6 Å². The lowest BCUT2D eigenvalue weighted by molar-refractivity contribution is -0.246. The molecule has 13 unspecified atom stereocenters. The zero-order valence-corrected chi connectivity index (χ0v) is 31.5. The summed E-state index contributed by atoms with van der Waals surface area (Å²) >= 11 is 0. The van der Waals surface area contributed by atoms with Gasteiger partial charge in [-0.3, -0.25) is 14.5 Å². The van der Waals surface area contributed by atoms with Crippen molar-refractivity contribution < 1.29 is 33.6 Å². The second-order valence-electron chi connectivity index (χ2n) is 19.1. The van der Waals surface area contributed by atoms with Crippen LogP contribution >= 0.6 is 0 Å². The molecule has 7 aliphatic rings. The van der Waals surface area contributed by atoms with Gasteiger partial charge in [-0.25, -0.2) is 0 Å². The predicted molar refractivity (Wildman–Crippen MR) is 189 cm³/mol. The van der Waals surface area contributed by atoms with Crippen LogP contribution in [-0.2, 0) is 35.1 Å². The second kappa shape index (κ2) is 12.1. The standard InChI is InChI=1S/C42H61NO7/c1-25-21-29(37(39(5,6)46)48-26(2)44)49-36-33(25)40(7)17-18-41-24-42(41)16-15-31(38(3,4)30(42)14-13-28(41)34(40)35(36)45)50-32-23-43(19-20-47-32)22-27-11-9-8-10-12-27/h8-12,25,28-34,36-37,46H,13-24H2,1-7H3. The van der Waals surface area contributed by atoms with Crippen LogP contribution in [0.5, 0.6) is 0 Å². The van der Waals surface area contributed by atoms with E-state index in [1.165, 1.54) is 31.7 Å². The number of ketones is 1. The molecule has 5 saturated carbocycles. The lowest BCUT2D eigenvalue weighted by Crippen LogP contribution is -2.57. The third kappa shape index (κ3) is 5.31. The van der Waals surface area contributed by atoms with Crippen LogP contribution in [0.25, 0.3) is 0 Å². The fourth-order valence-corrected chi connectivity index (χ4v) is 13.7. The molecule has 0 radical (unpaired) electrons. The Balaban J connectivity index is 0.982. The summed E-state index contributed by atoms with van der Waals surface area (Å²) in [6, 6.07) is 10.7. The number of ether oxygens (including phenoxy) is 4. The maximum absolute atomic E-state index is 14.7. The number of hydrogen-bond donors (Lipinski definition) is 1. The minimum atomic E-state index is -1.27. The van der Waals surface area contributed by atoms with Gasteiger partial charge in [0.1, 0.15) is 6.10 Å². The van der Waals surface area contributed by atoms with Crippen LogP contribution in [0.3, 0.4) is 0 Å². The normalized spacial score (nSPS) is 45.7. The molecular weight excluding hydrogens is 630 g/mol. The predicted octanol–water partition coefficient (Wildman–Crippen LogP) is 6.56. The van der Waals surface area contributed by atoms with Crippen LogP contribution < -0.4 is 0 Å². The quantitative estimate of drug-likeness (QED) is 0.322. The van der Waals surface area contributed by atoms with Crippen LogP contribution in [-0.4, -0.2) is 77.8 Å². The Hall–Kier alpha value is -1.84. The van der Waals surface area contributed by atoms with Crippen molar-refractivity contribution in [2.75, 3.05) is 19.7 Å². The number of esters is 1. The number of fused-ring (bicyclic) bond motifs is 4. The van der Waals surface area contributed by atoms with Crippen molar-refractivity contribution in [3.8, 4) is 0 Å². The topological polar surface area (TPSA) is 94.5 Å². The Labute approximate surface area is 299 Å². The van der Waals surface area contributed by atoms with Crippen molar-refractivity contribution in [3.63, 3.8) is 0 Å². The first-order chi connectivity index (χ1) is 23.6. The Bertz CT molecular complexity index is 1470. The van der Waals surface area contributed by atoms with E-state index in [1.54, 1.807) is 13.8 Å². The van der Waals surface area contributed by atoms with Crippen molar-refractivity contribution in [1.82, 2.24) is 4.90 Å². The van der Waals surface area contributed by atoms with Crippen molar-refractivity contribution in [3.05, 3.63) is 35.9 Å². The molecule has 7 fully saturated rings. The van der Waals surface area contributed by atoms with Crippen LogP contribution in [0.4, 0.5) is 0 Å². The minimum absolute atomic E-state index is 0.00501. The summed E-state index contributed by atoms with van der Waals surface area (Å²) < 4.78 is 25.5. The van der Waals surface area contributed by atoms with Gasteiger partial charge in [-0.1, -0.05) is 58.0 Å². The molecule has 8 rings (SSSR count). The number of carbonyl (C=O) groups excluding carboxylic acids is 2. The number of aliphatic hydroxyl groups is 1. The molecule has 2 heterocycles. The van der Waals surface area contributed by atoms with E-state index in [0.717, 1.165) is 45.3 Å². The van der Waals surface area contributed by atoms with Crippen LogP contribution in [0.2, 0.25) is 0 Å². The maximum Gasteiger partial charge on any atom is 0.303 e. The highest BCUT2D eigenvalue weighted by molar-refractivity contribution is 5.90. The molecule has 1 N–H and O–H groups in total. The third-order valence-electron chi connectivity index (χ3n) is 15.7. The summed E-state index contributed by atoms with van der Waals surface area (Å²) in [7, 11) is 0. The maximum atomic E-state index is 14.7. The van der Waals surface area contributed by atoms with Gasteiger partial charge in [0.15, 0.2) is 18.2 Å². The number of benzene rings is 1. The number of Topliss-reactive ketones (excluding diaryl/α,β-unsaturated/α-hetero) is 1. The molecule has 276 valence electrons. The first-order valence-corrected chi connectivity index (χ1v) is 19.7. The summed E-state index contributed by atoms with van der Waals surface area (Å²) in [4.78, 5) is 29.3. The third-order valence-corrected chi connectivity index (χ3v) is 15.7. The van der Waals surface area contributed by atoms with Gasteiger partial charge >= 0.3 is 5.97 Å². The van der Waals surface area contributed by atoms with Gasteiger partial charge in [-0.2, -0.15) is 0 Å². The van der Waals surface area contributed by atoms with E-state index in [9.17, 15) is 14.7 Å². The van der Waals surface area contributed by atoms with E-state index < -0.39 is 29.9 Å². The number of nitrogens with zero attached hydrogens (tertiary/aromatic N) is 1. The van der Waals surface area contributed by atoms with Crippen LogP contribution in [0.1, 0.15) is 105 Å². The smallest absolute Gasteiger partial charge is 0.303 e. The molecular formula is C42H61NO7. The molecule has 5 aliphatic carbocycles. The summed E-state index contributed by atoms with van der Waals surface area (Å²) in [5.74, 6) is 1.20. The van der Waals surface area contributed by atoms with Gasteiger partial charge in [0.2, 0.25) is 0 Å². The molecule has 13 atom stereocenters. The van der Waals surface area contributed by atoms with Crippen molar-refractivity contribution in [2.45, 2.75) is 143 Å². The van der Waals surface area contributed by atoms with E-state index in [2.05, 4.69) is 62.9 Å². The van der Waals surface area contributed by atoms with E-state index in [1.807, 2.05) is 0 Å². The fourth-order valence-electron chi connectivity index (χ4n) is 13.7. The average molecular weight is 692 g/mol. The van der Waals surface area contributed by atoms with Gasteiger partial charge in [-0.15, -0.1) is 0 Å². The molecule has 50 heavy (non-hydrogen) atoms. The van der Waals surface area contributed by atoms with Gasteiger partial charge in [0.25, 0.3) is 0 Å². The van der Waals surface area contributed by atoms with Crippen molar-refractivity contribution in [2.24, 2.45) is 51.2 Å². The monoisotopic (exact) mass is 691 g/mol. The Morgan fingerprint density at radius 3 is 2.56 bits per heavy atom. The van der Waals surface area contributed by atoms with E-state index >= 15 is 0 Å². The molecule has 1 aromatic rings. The van der Waals surface area contributed by atoms with Gasteiger partial charge in [0, 0.05) is 38.4 Å². The van der Waals surface area contributed by atoms with Gasteiger partial charge < -0.3 is 24.1 Å². The minimum Gasteiger partial charge on any atom is -0.457 e. The molecule has 8 heteroatoms. The summed E-state index contributed by atoms with van der Waals surface area (Å²) in [5, 5.41) is 11.0. The highest BCUT2D eigenvalue weighted by atomic mass is 16.7. The van der Waals surface area contributed by atoms with Crippen molar-refractivity contribution >= 4 is 11.8 Å². The summed E-state index contributed by atoms with van der Waals surface area (Å²) in [6.45, 7) is 17.6. The van der Waals surface area contributed by atoms with Crippen LogP contribution in [0.15, 0.2) is 30.3 Å². The molecule has 0 bridgehead atoms. The number of hydrogen-bond acceptors (Lipinski definition) is 8. The fraction of sp³-hybridized carbons (Fsp3) is 0.810. The SMILES string of the molecule is CC(=O)OC(C1CC(C)C2C(O1)C(=O)C1C3CCC4C(C)(C)C(OC5CN(Cc6ccccc6)CCO5)CCC45CC35CCC12C)C(C)(C)O. The lowest BCUT2D eigenvalue weighted by atomic mass is 9.46. The second-order valence-corrected chi connectivity index (χ2v) is 19.1. The Kier molecular flexibility index (Phi) is 8.51. The van der Waals surface area contributed by atoms with Crippen LogP contribution in [0, 0.1) is 51.2 Å². The zero-order valence-electron chi connectivity index (χ0n) is 31.5. The Morgan fingerprint density at radius 2 is 1.84 bits per heavy atom. The molecule has 0 amide bonds. The Morgan fingerprint density at radius 1 is 1.08 bits per heavy atom. The summed E-state index contributed by atoms with van der Waals surface area (Å²) in [5.41, 5.74) is 0.509. The highest BCUT2D eigenvalue weighted by Crippen LogP contribution is 2.87. The lowest BCUT2D eigenvalue weighted by Gasteiger charge is -2.59. The number of carbonyl (C=O) groups is 2. The van der Waals surface area contributed by atoms with Gasteiger partial charge in [0.05, 0.1) is 24.4 Å². The largest absolute Gasteiger partial charge is 0.457 e. The number of morpholine rings is 1. The highest BCUT2D eigenvalue weighted by Gasteiger charge is 2.82. The molecule has 2 aliphatic heterocycles. The molecule has 1 aromatic carbocycles. The van der Waals surface area contributed by atoms with E-state index in [4.69, 9.17) is 18.9 Å². The first-order valence-electron chi connectivity index (χ1n) is 19.7. The zero-order chi connectivity index (χ0) is 35.4. The number of rotatable bonds is 7. The molecule has 2 spiro atoms. The van der Waals surface area contributed by atoms with E-state index in [0.29, 0.717) is 24.9 Å². The van der Waals surface area contributed by atoms with Crippen molar-refractivity contribution in [1.29, 1.82) is 0 Å². The average Bonchev–Trinajstić information content (AvgIpc) is 3.66. The molecule has 2 saturated heterocycles. The van der Waals surface area contributed by atoms with Gasteiger partial charge in [-0.05, 0) is 110 Å². The molecule has 0 aromatic heterocycles.